The van der Waals surface area contributed by atoms with Gasteiger partial charge in [0.25, 0.3) is 5.91 Å². The fraction of sp³-hybridized carbons (Fsp3) is 0.368. The number of aromatic nitrogens is 1. The van der Waals surface area contributed by atoms with Crippen molar-refractivity contribution in [2.75, 3.05) is 0 Å². The Labute approximate surface area is 171 Å². The number of hydrazine groups is 1. The van der Waals surface area contributed by atoms with Gasteiger partial charge < -0.3 is 5.32 Å². The van der Waals surface area contributed by atoms with Gasteiger partial charge in [0.15, 0.2) is 0 Å². The second-order valence-corrected chi connectivity index (χ2v) is 8.31. The molecule has 1 aromatic carbocycles. The van der Waals surface area contributed by atoms with Gasteiger partial charge in [-0.3, -0.25) is 15.0 Å². The molecule has 1 aliphatic carbocycles. The first-order valence-corrected chi connectivity index (χ1v) is 10.4. The van der Waals surface area contributed by atoms with E-state index in [9.17, 15) is 14.4 Å². The first-order valence-electron chi connectivity index (χ1n) is 9.14. The van der Waals surface area contributed by atoms with Crippen molar-refractivity contribution in [1.29, 1.82) is 0 Å². The molecule has 2 heterocycles. The van der Waals surface area contributed by atoms with E-state index in [1.165, 1.54) is 11.3 Å². The van der Waals surface area contributed by atoms with Crippen LogP contribution in [-0.4, -0.2) is 33.4 Å². The molecule has 0 unspecified atom stereocenters. The van der Waals surface area contributed by atoms with E-state index in [0.717, 1.165) is 29.8 Å². The summed E-state index contributed by atoms with van der Waals surface area (Å²) >= 11 is 7.57. The van der Waals surface area contributed by atoms with E-state index >= 15 is 0 Å². The number of hydrogen-bond acceptors (Lipinski definition) is 5. The lowest BCUT2D eigenvalue weighted by atomic mass is 9.82. The summed E-state index contributed by atoms with van der Waals surface area (Å²) in [7, 11) is 0. The Hall–Kier alpha value is -2.45. The second-order valence-electron chi connectivity index (χ2n) is 7.05. The predicted molar refractivity (Wildman–Crippen MR) is 106 cm³/mol. The maximum atomic E-state index is 12.7. The summed E-state index contributed by atoms with van der Waals surface area (Å²) in [5.74, 6) is -0.840. The van der Waals surface area contributed by atoms with Gasteiger partial charge in [-0.2, -0.15) is 5.01 Å². The number of amides is 4. The number of benzene rings is 1. The zero-order valence-corrected chi connectivity index (χ0v) is 16.6. The number of carbonyl (C=O) groups is 3. The minimum Gasteiger partial charge on any atom is -0.322 e. The summed E-state index contributed by atoms with van der Waals surface area (Å²) in [5.41, 5.74) is 2.92. The average molecular weight is 419 g/mol. The van der Waals surface area contributed by atoms with Gasteiger partial charge >= 0.3 is 6.03 Å². The van der Waals surface area contributed by atoms with Gasteiger partial charge in [-0.15, -0.1) is 11.3 Å². The van der Waals surface area contributed by atoms with Crippen LogP contribution in [0.2, 0.25) is 5.02 Å². The molecule has 1 saturated heterocycles. The van der Waals surface area contributed by atoms with E-state index in [1.807, 2.05) is 18.2 Å². The van der Waals surface area contributed by atoms with Crippen LogP contribution in [-0.2, 0) is 16.0 Å². The Morgan fingerprint density at radius 1 is 1.25 bits per heavy atom. The lowest BCUT2D eigenvalue weighted by molar-refractivity contribution is -0.139. The molecule has 1 aliphatic heterocycles. The van der Waals surface area contributed by atoms with Crippen molar-refractivity contribution in [3.8, 4) is 10.6 Å². The zero-order valence-electron chi connectivity index (χ0n) is 15.0. The van der Waals surface area contributed by atoms with Gasteiger partial charge in [-0.1, -0.05) is 49.1 Å². The molecule has 2 fully saturated rings. The number of carbonyl (C=O) groups excluding carboxylic acids is 3. The average Bonchev–Trinajstić information content (AvgIpc) is 3.22. The number of nitrogens with one attached hydrogen (secondary N) is 2. The Kier molecular flexibility index (Phi) is 5.07. The zero-order chi connectivity index (χ0) is 19.7. The lowest BCUT2D eigenvalue weighted by Gasteiger charge is -2.30. The fourth-order valence-electron chi connectivity index (χ4n) is 3.69. The molecular weight excluding hydrogens is 400 g/mol. The van der Waals surface area contributed by atoms with Crippen molar-refractivity contribution in [2.45, 2.75) is 44.1 Å². The molecular formula is C19H19ClN4O3S. The van der Waals surface area contributed by atoms with E-state index in [2.05, 4.69) is 15.7 Å². The summed E-state index contributed by atoms with van der Waals surface area (Å²) in [6, 6.07) is 6.78. The summed E-state index contributed by atoms with van der Waals surface area (Å²) < 4.78 is 0. The van der Waals surface area contributed by atoms with Crippen molar-refractivity contribution in [3.05, 3.63) is 40.4 Å². The van der Waals surface area contributed by atoms with Gasteiger partial charge in [0.1, 0.15) is 10.5 Å². The Morgan fingerprint density at radius 3 is 2.75 bits per heavy atom. The Balaban J connectivity index is 1.42. The number of rotatable bonds is 4. The number of halogens is 1. The molecule has 2 aliphatic rings. The fourth-order valence-corrected chi connectivity index (χ4v) is 4.83. The van der Waals surface area contributed by atoms with Crippen molar-refractivity contribution in [2.24, 2.45) is 0 Å². The third-order valence-electron chi connectivity index (χ3n) is 5.10. The minimum atomic E-state index is -0.861. The van der Waals surface area contributed by atoms with Crippen LogP contribution < -0.4 is 10.7 Å². The molecule has 1 aromatic heterocycles. The predicted octanol–water partition coefficient (Wildman–Crippen LogP) is 3.29. The monoisotopic (exact) mass is 418 g/mol. The van der Waals surface area contributed by atoms with Crippen LogP contribution in [0.3, 0.4) is 0 Å². The molecule has 2 aromatic rings. The van der Waals surface area contributed by atoms with Gasteiger partial charge in [-0.05, 0) is 18.9 Å². The van der Waals surface area contributed by atoms with Crippen LogP contribution in [0.15, 0.2) is 29.6 Å². The number of thiazole rings is 1. The highest BCUT2D eigenvalue weighted by Crippen LogP contribution is 2.33. The number of urea groups is 1. The van der Waals surface area contributed by atoms with Gasteiger partial charge in [0, 0.05) is 10.9 Å². The van der Waals surface area contributed by atoms with Gasteiger partial charge in [0.2, 0.25) is 5.91 Å². The van der Waals surface area contributed by atoms with E-state index in [1.54, 1.807) is 11.4 Å². The first-order chi connectivity index (χ1) is 13.5. The SMILES string of the molecule is O=C(Cc1csc(-c2ccccc2Cl)n1)NN1C(=O)NC2(CCCCC2)C1=O. The van der Waals surface area contributed by atoms with Crippen molar-refractivity contribution in [3.63, 3.8) is 0 Å². The normalized spacial score (nSPS) is 18.4. The van der Waals surface area contributed by atoms with Crippen LogP contribution in [0.1, 0.15) is 37.8 Å². The van der Waals surface area contributed by atoms with E-state index in [4.69, 9.17) is 11.6 Å². The summed E-state index contributed by atoms with van der Waals surface area (Å²) in [4.78, 5) is 41.8. The summed E-state index contributed by atoms with van der Waals surface area (Å²) in [6.07, 6.45) is 4.00. The Bertz CT molecular complexity index is 939. The van der Waals surface area contributed by atoms with Crippen molar-refractivity contribution < 1.29 is 14.4 Å². The molecule has 4 amide bonds. The largest absolute Gasteiger partial charge is 0.344 e. The molecule has 1 spiro atoms. The first kappa shape index (κ1) is 18.9. The molecule has 0 radical (unpaired) electrons. The summed E-state index contributed by atoms with van der Waals surface area (Å²) in [5, 5.41) is 6.65. The maximum Gasteiger partial charge on any atom is 0.344 e. The third-order valence-corrected chi connectivity index (χ3v) is 6.36. The second kappa shape index (κ2) is 7.52. The Morgan fingerprint density at radius 2 is 2.00 bits per heavy atom. The topological polar surface area (TPSA) is 91.4 Å². The van der Waals surface area contributed by atoms with Crippen LogP contribution in [0, 0.1) is 0 Å². The maximum absolute atomic E-state index is 12.7. The van der Waals surface area contributed by atoms with E-state index in [0.29, 0.717) is 28.6 Å². The number of hydrogen-bond donors (Lipinski definition) is 2. The molecule has 9 heteroatoms. The smallest absolute Gasteiger partial charge is 0.322 e. The molecule has 4 rings (SSSR count). The van der Waals surface area contributed by atoms with Crippen LogP contribution in [0.5, 0.6) is 0 Å². The highest BCUT2D eigenvalue weighted by atomic mass is 35.5. The quantitative estimate of drug-likeness (QED) is 0.745. The van der Waals surface area contributed by atoms with E-state index in [-0.39, 0.29) is 12.3 Å². The van der Waals surface area contributed by atoms with Crippen LogP contribution >= 0.6 is 22.9 Å². The molecule has 0 bridgehead atoms. The highest BCUT2D eigenvalue weighted by Gasteiger charge is 2.52. The number of imide groups is 1. The van der Waals surface area contributed by atoms with Crippen molar-refractivity contribution in [1.82, 2.24) is 20.7 Å². The molecule has 1 saturated carbocycles. The molecule has 28 heavy (non-hydrogen) atoms. The van der Waals surface area contributed by atoms with Gasteiger partial charge in [-0.25, -0.2) is 9.78 Å². The van der Waals surface area contributed by atoms with Crippen LogP contribution in [0.25, 0.3) is 10.6 Å². The standard InChI is InChI=1S/C19H19ClN4O3S/c20-14-7-3-2-6-13(14)16-21-12(11-28-16)10-15(25)23-24-17(26)19(22-18(24)27)8-4-1-5-9-19/h2-3,6-7,11H,1,4-5,8-10H2,(H,22,27)(H,23,25). The lowest BCUT2D eigenvalue weighted by Crippen LogP contribution is -2.51. The number of nitrogens with zero attached hydrogens (tertiary/aromatic N) is 2. The minimum absolute atomic E-state index is 0.0367. The van der Waals surface area contributed by atoms with Gasteiger partial charge in [0.05, 0.1) is 17.1 Å². The molecule has 146 valence electrons. The molecule has 2 N–H and O–H groups in total. The third kappa shape index (κ3) is 3.49. The van der Waals surface area contributed by atoms with Crippen LogP contribution in [0.4, 0.5) is 4.79 Å². The highest BCUT2D eigenvalue weighted by molar-refractivity contribution is 7.13. The summed E-state index contributed by atoms with van der Waals surface area (Å²) in [6.45, 7) is 0. The molecule has 0 atom stereocenters. The van der Waals surface area contributed by atoms with E-state index < -0.39 is 17.5 Å². The molecule has 7 nitrogen and oxygen atoms in total. The van der Waals surface area contributed by atoms with Crippen molar-refractivity contribution >= 4 is 40.8 Å².